The molecule has 0 unspecified atom stereocenters. The van der Waals surface area contributed by atoms with Crippen LogP contribution in [0.25, 0.3) is 11.5 Å². The van der Waals surface area contributed by atoms with Crippen LogP contribution in [0.1, 0.15) is 23.6 Å². The summed E-state index contributed by atoms with van der Waals surface area (Å²) in [4.78, 5) is 16.5. The van der Waals surface area contributed by atoms with Crippen LogP contribution < -0.4 is 10.1 Å². The van der Waals surface area contributed by atoms with Crippen LogP contribution in [0.2, 0.25) is 0 Å². The minimum absolute atomic E-state index is 0.113. The van der Waals surface area contributed by atoms with E-state index < -0.39 is 6.10 Å². The summed E-state index contributed by atoms with van der Waals surface area (Å²) in [6.45, 7) is 7.68. The Bertz CT molecular complexity index is 934. The average molecular weight is 351 g/mol. The lowest BCUT2D eigenvalue weighted by molar-refractivity contribution is -0.122. The first-order valence-electron chi connectivity index (χ1n) is 8.38. The summed E-state index contributed by atoms with van der Waals surface area (Å²) in [6.07, 6.45) is -0.696. The van der Waals surface area contributed by atoms with Crippen molar-refractivity contribution in [1.82, 2.24) is 10.1 Å². The number of carbonyl (C=O) groups is 1. The van der Waals surface area contributed by atoms with E-state index in [0.717, 1.165) is 16.7 Å². The maximum Gasteiger partial charge on any atom is 0.270 e. The number of anilines is 1. The molecule has 3 rings (SSSR count). The molecule has 1 heterocycles. The van der Waals surface area contributed by atoms with Crippen molar-refractivity contribution in [3.63, 3.8) is 0 Å². The predicted molar refractivity (Wildman–Crippen MR) is 99.1 cm³/mol. The van der Waals surface area contributed by atoms with E-state index in [1.807, 2.05) is 63.2 Å². The summed E-state index contributed by atoms with van der Waals surface area (Å²) < 4.78 is 10.9. The molecule has 0 saturated carbocycles. The Morgan fingerprint density at radius 1 is 1.12 bits per heavy atom. The number of ether oxygens (including phenoxy) is 1. The van der Waals surface area contributed by atoms with Gasteiger partial charge in [0.05, 0.1) is 0 Å². The molecular weight excluding hydrogens is 330 g/mol. The molecule has 1 amide bonds. The highest BCUT2D eigenvalue weighted by Gasteiger charge is 2.18. The molecule has 0 aliphatic rings. The van der Waals surface area contributed by atoms with Crippen molar-refractivity contribution in [2.45, 2.75) is 33.8 Å². The monoisotopic (exact) mass is 351 g/mol. The standard InChI is InChI=1S/C20H21N3O3/c1-12-6-5-7-16(10-12)19-22-20(23-26-19)21-18(24)15(4)25-17-9-8-13(2)14(3)11-17/h5-11,15H,1-4H3,(H,21,23,24)/t15-/m1/s1. The molecule has 0 radical (unpaired) electrons. The van der Waals surface area contributed by atoms with E-state index in [4.69, 9.17) is 9.26 Å². The zero-order chi connectivity index (χ0) is 18.7. The molecule has 134 valence electrons. The first-order chi connectivity index (χ1) is 12.4. The molecule has 6 heteroatoms. The summed E-state index contributed by atoms with van der Waals surface area (Å²) in [5.74, 6) is 0.762. The van der Waals surface area contributed by atoms with E-state index in [1.165, 1.54) is 5.56 Å². The first-order valence-corrected chi connectivity index (χ1v) is 8.38. The summed E-state index contributed by atoms with van der Waals surface area (Å²) >= 11 is 0. The van der Waals surface area contributed by atoms with Crippen molar-refractivity contribution in [2.24, 2.45) is 0 Å². The Kier molecular flexibility index (Phi) is 5.02. The van der Waals surface area contributed by atoms with E-state index >= 15 is 0 Å². The van der Waals surface area contributed by atoms with Gasteiger partial charge in [-0.1, -0.05) is 23.8 Å². The van der Waals surface area contributed by atoms with Crippen molar-refractivity contribution < 1.29 is 14.1 Å². The molecule has 0 aliphatic carbocycles. The highest BCUT2D eigenvalue weighted by atomic mass is 16.5. The molecule has 0 saturated heterocycles. The molecule has 0 spiro atoms. The number of nitrogens with one attached hydrogen (secondary N) is 1. The summed E-state index contributed by atoms with van der Waals surface area (Å²) in [5, 5.41) is 6.42. The fraction of sp³-hybridized carbons (Fsp3) is 0.250. The average Bonchev–Trinajstić information content (AvgIpc) is 3.06. The molecule has 1 N–H and O–H groups in total. The van der Waals surface area contributed by atoms with E-state index in [0.29, 0.717) is 11.6 Å². The lowest BCUT2D eigenvalue weighted by Gasteiger charge is -2.14. The maximum atomic E-state index is 12.3. The summed E-state index contributed by atoms with van der Waals surface area (Å²) in [7, 11) is 0. The lowest BCUT2D eigenvalue weighted by Crippen LogP contribution is -2.30. The molecule has 0 aliphatic heterocycles. The van der Waals surface area contributed by atoms with Gasteiger partial charge in [-0.15, -0.1) is 0 Å². The Labute approximate surface area is 152 Å². The first kappa shape index (κ1) is 17.7. The smallest absolute Gasteiger partial charge is 0.270 e. The number of nitrogens with zero attached hydrogens (tertiary/aromatic N) is 2. The largest absolute Gasteiger partial charge is 0.481 e. The van der Waals surface area contributed by atoms with Crippen LogP contribution in [0.4, 0.5) is 5.95 Å². The van der Waals surface area contributed by atoms with Gasteiger partial charge in [0.2, 0.25) is 0 Å². The Morgan fingerprint density at radius 3 is 2.65 bits per heavy atom. The second-order valence-electron chi connectivity index (χ2n) is 6.29. The van der Waals surface area contributed by atoms with Gasteiger partial charge in [0.1, 0.15) is 5.75 Å². The predicted octanol–water partition coefficient (Wildman–Crippen LogP) is 4.07. The SMILES string of the molecule is Cc1cccc(-c2nc(NC(=O)[C@@H](C)Oc3ccc(C)c(C)c3)no2)c1. The van der Waals surface area contributed by atoms with Crippen LogP contribution in [-0.4, -0.2) is 22.2 Å². The summed E-state index contributed by atoms with van der Waals surface area (Å²) in [5.41, 5.74) is 4.17. The zero-order valence-corrected chi connectivity index (χ0v) is 15.2. The van der Waals surface area contributed by atoms with Gasteiger partial charge in [-0.05, 0) is 68.2 Å². The lowest BCUT2D eigenvalue weighted by atomic mass is 10.1. The number of hydrogen-bond donors (Lipinski definition) is 1. The second-order valence-corrected chi connectivity index (χ2v) is 6.29. The summed E-state index contributed by atoms with van der Waals surface area (Å²) in [6, 6.07) is 13.4. The minimum Gasteiger partial charge on any atom is -0.481 e. The van der Waals surface area contributed by atoms with Crippen LogP contribution >= 0.6 is 0 Å². The van der Waals surface area contributed by atoms with Crippen molar-refractivity contribution >= 4 is 11.9 Å². The third-order valence-electron chi connectivity index (χ3n) is 4.09. The van der Waals surface area contributed by atoms with Gasteiger partial charge in [-0.2, -0.15) is 4.98 Å². The van der Waals surface area contributed by atoms with Crippen LogP contribution in [-0.2, 0) is 4.79 Å². The molecular formula is C20H21N3O3. The minimum atomic E-state index is -0.696. The fourth-order valence-corrected chi connectivity index (χ4v) is 2.43. The number of amides is 1. The van der Waals surface area contributed by atoms with Crippen molar-refractivity contribution in [3.05, 3.63) is 59.2 Å². The van der Waals surface area contributed by atoms with Crippen LogP contribution in [0, 0.1) is 20.8 Å². The topological polar surface area (TPSA) is 77.2 Å². The molecule has 0 bridgehead atoms. The van der Waals surface area contributed by atoms with E-state index in [2.05, 4.69) is 15.5 Å². The van der Waals surface area contributed by atoms with Gasteiger partial charge in [0.25, 0.3) is 17.7 Å². The molecule has 2 aromatic carbocycles. The molecule has 26 heavy (non-hydrogen) atoms. The van der Waals surface area contributed by atoms with Gasteiger partial charge >= 0.3 is 0 Å². The Balaban J connectivity index is 1.65. The highest BCUT2D eigenvalue weighted by Crippen LogP contribution is 2.20. The van der Waals surface area contributed by atoms with Gasteiger partial charge in [-0.25, -0.2) is 0 Å². The number of rotatable bonds is 5. The molecule has 6 nitrogen and oxygen atoms in total. The van der Waals surface area contributed by atoms with Crippen LogP contribution in [0.5, 0.6) is 5.75 Å². The molecule has 1 aromatic heterocycles. The Morgan fingerprint density at radius 2 is 1.92 bits per heavy atom. The van der Waals surface area contributed by atoms with Crippen molar-refractivity contribution in [1.29, 1.82) is 0 Å². The van der Waals surface area contributed by atoms with E-state index in [-0.39, 0.29) is 11.9 Å². The quantitative estimate of drug-likeness (QED) is 0.750. The maximum absolute atomic E-state index is 12.3. The Hall–Kier alpha value is -3.15. The number of hydrogen-bond acceptors (Lipinski definition) is 5. The second kappa shape index (κ2) is 7.39. The van der Waals surface area contributed by atoms with Gasteiger partial charge in [0.15, 0.2) is 6.10 Å². The third-order valence-corrected chi connectivity index (χ3v) is 4.09. The van der Waals surface area contributed by atoms with Crippen LogP contribution in [0.3, 0.4) is 0 Å². The molecule has 3 aromatic rings. The van der Waals surface area contributed by atoms with E-state index in [9.17, 15) is 4.79 Å². The number of benzene rings is 2. The van der Waals surface area contributed by atoms with Crippen LogP contribution in [0.15, 0.2) is 47.0 Å². The number of aryl methyl sites for hydroxylation is 3. The number of carbonyl (C=O) groups excluding carboxylic acids is 1. The normalized spacial score (nSPS) is 11.8. The zero-order valence-electron chi connectivity index (χ0n) is 15.2. The molecule has 0 fully saturated rings. The van der Waals surface area contributed by atoms with Gasteiger partial charge < -0.3 is 9.26 Å². The highest BCUT2D eigenvalue weighted by molar-refractivity contribution is 5.92. The fourth-order valence-electron chi connectivity index (χ4n) is 2.43. The number of aromatic nitrogens is 2. The molecule has 1 atom stereocenters. The van der Waals surface area contributed by atoms with Gasteiger partial charge in [0, 0.05) is 5.56 Å². The van der Waals surface area contributed by atoms with Crippen molar-refractivity contribution in [2.75, 3.05) is 5.32 Å². The van der Waals surface area contributed by atoms with Gasteiger partial charge in [-0.3, -0.25) is 10.1 Å². The van der Waals surface area contributed by atoms with E-state index in [1.54, 1.807) is 6.92 Å². The van der Waals surface area contributed by atoms with Crippen molar-refractivity contribution in [3.8, 4) is 17.2 Å². The third kappa shape index (κ3) is 4.08.